The molecule has 2 aliphatic heterocycles. The van der Waals surface area contributed by atoms with Crippen LogP contribution in [0.5, 0.6) is 0 Å². The zero-order valence-electron chi connectivity index (χ0n) is 17.0. The lowest BCUT2D eigenvalue weighted by Gasteiger charge is -2.40. The Morgan fingerprint density at radius 3 is 2.68 bits per heavy atom. The van der Waals surface area contributed by atoms with E-state index in [0.29, 0.717) is 46.0 Å². The number of pyridine rings is 1. The maximum absolute atomic E-state index is 14.0. The molecule has 0 aliphatic carbocycles. The Balaban J connectivity index is 1.77. The minimum absolute atomic E-state index is 0.109. The molecule has 5 rings (SSSR count). The van der Waals surface area contributed by atoms with Gasteiger partial charge in [0.2, 0.25) is 0 Å². The Hall–Kier alpha value is -2.71. The van der Waals surface area contributed by atoms with E-state index >= 15 is 0 Å². The zero-order chi connectivity index (χ0) is 21.9. The molecule has 1 saturated heterocycles. The first-order valence-corrected chi connectivity index (χ1v) is 11.2. The molecule has 0 bridgehead atoms. The smallest absolute Gasteiger partial charge is 0.275 e. The molecular formula is C22H19BrClN5O2. The van der Waals surface area contributed by atoms with Crippen molar-refractivity contribution in [3.8, 4) is 0 Å². The molecule has 4 heterocycles. The molecule has 158 valence electrons. The first-order valence-electron chi connectivity index (χ1n) is 9.98. The van der Waals surface area contributed by atoms with Crippen LogP contribution in [0.1, 0.15) is 44.6 Å². The summed E-state index contributed by atoms with van der Waals surface area (Å²) < 4.78 is 2.36. The zero-order valence-corrected chi connectivity index (χ0v) is 19.3. The predicted octanol–water partition coefficient (Wildman–Crippen LogP) is 3.84. The molecule has 0 N–H and O–H groups in total. The summed E-state index contributed by atoms with van der Waals surface area (Å²) in [5, 5.41) is 5.07. The number of amides is 2. The number of carbonyl (C=O) groups is 2. The largest absolute Gasteiger partial charge is 0.306 e. The van der Waals surface area contributed by atoms with Gasteiger partial charge in [-0.15, -0.1) is 0 Å². The predicted molar refractivity (Wildman–Crippen MR) is 119 cm³/mol. The highest BCUT2D eigenvalue weighted by Gasteiger charge is 2.60. The second-order valence-corrected chi connectivity index (χ2v) is 8.81. The van der Waals surface area contributed by atoms with E-state index in [0.717, 1.165) is 11.3 Å². The van der Waals surface area contributed by atoms with Gasteiger partial charge in [-0.05, 0) is 48.0 Å². The Morgan fingerprint density at radius 2 is 1.97 bits per heavy atom. The van der Waals surface area contributed by atoms with Gasteiger partial charge in [0.15, 0.2) is 5.66 Å². The molecule has 0 spiro atoms. The van der Waals surface area contributed by atoms with E-state index in [9.17, 15) is 9.59 Å². The van der Waals surface area contributed by atoms with Crippen LogP contribution < -0.4 is 0 Å². The summed E-state index contributed by atoms with van der Waals surface area (Å²) in [5.41, 5.74) is 2.17. The SMILES string of the molecule is CCn1nc(C)c(Br)c1C(=O)N1CCN2C(=O)c3ccncc3C21c1ccc(Cl)cc1. The molecule has 31 heavy (non-hydrogen) atoms. The van der Waals surface area contributed by atoms with Crippen LogP contribution in [0, 0.1) is 6.92 Å². The fourth-order valence-electron chi connectivity index (χ4n) is 4.73. The highest BCUT2D eigenvalue weighted by Crippen LogP contribution is 2.50. The standard InChI is InChI=1S/C22H19BrClN5O2/c1-3-29-19(18(23)13(2)26-29)21(31)28-11-10-27-20(30)16-8-9-25-12-17(16)22(27,28)14-4-6-15(24)7-5-14/h4-9,12H,3,10-11H2,1-2H3. The highest BCUT2D eigenvalue weighted by molar-refractivity contribution is 9.10. The summed E-state index contributed by atoms with van der Waals surface area (Å²) in [6.45, 7) is 5.16. The summed E-state index contributed by atoms with van der Waals surface area (Å²) in [6, 6.07) is 9.01. The van der Waals surface area contributed by atoms with Crippen molar-refractivity contribution in [1.82, 2.24) is 24.6 Å². The van der Waals surface area contributed by atoms with Gasteiger partial charge in [0.05, 0.1) is 15.7 Å². The Kier molecular flexibility index (Phi) is 4.67. The first-order chi connectivity index (χ1) is 14.9. The number of aryl methyl sites for hydroxylation is 2. The summed E-state index contributed by atoms with van der Waals surface area (Å²) in [4.78, 5) is 35.2. The van der Waals surface area contributed by atoms with Gasteiger partial charge in [0, 0.05) is 48.2 Å². The molecule has 1 aromatic carbocycles. The average Bonchev–Trinajstić information content (AvgIpc) is 3.39. The number of nitrogens with zero attached hydrogens (tertiary/aromatic N) is 5. The van der Waals surface area contributed by atoms with Crippen LogP contribution in [-0.4, -0.2) is 49.5 Å². The minimum atomic E-state index is -1.08. The van der Waals surface area contributed by atoms with Crippen LogP contribution >= 0.6 is 27.5 Å². The van der Waals surface area contributed by atoms with Gasteiger partial charge in [-0.3, -0.25) is 19.3 Å². The molecule has 3 aromatic rings. The molecule has 2 aliphatic rings. The second-order valence-electron chi connectivity index (χ2n) is 7.58. The van der Waals surface area contributed by atoms with E-state index in [2.05, 4.69) is 26.0 Å². The van der Waals surface area contributed by atoms with Crippen LogP contribution in [0.4, 0.5) is 0 Å². The number of hydrogen-bond donors (Lipinski definition) is 0. The summed E-state index contributed by atoms with van der Waals surface area (Å²) in [5.74, 6) is -0.307. The van der Waals surface area contributed by atoms with Crippen molar-refractivity contribution in [2.75, 3.05) is 13.1 Å². The number of benzene rings is 1. The lowest BCUT2D eigenvalue weighted by Crippen LogP contribution is -2.52. The maximum atomic E-state index is 14.0. The van der Waals surface area contributed by atoms with Gasteiger partial charge < -0.3 is 9.80 Å². The number of hydrogen-bond acceptors (Lipinski definition) is 4. The highest BCUT2D eigenvalue weighted by atomic mass is 79.9. The maximum Gasteiger partial charge on any atom is 0.275 e. The molecule has 2 aromatic heterocycles. The summed E-state index contributed by atoms with van der Waals surface area (Å²) in [6.07, 6.45) is 3.29. The van der Waals surface area contributed by atoms with Gasteiger partial charge in [-0.25, -0.2) is 0 Å². The third-order valence-electron chi connectivity index (χ3n) is 6.05. The van der Waals surface area contributed by atoms with E-state index in [1.807, 2.05) is 26.0 Å². The van der Waals surface area contributed by atoms with E-state index in [-0.39, 0.29) is 11.8 Å². The minimum Gasteiger partial charge on any atom is -0.306 e. The third kappa shape index (κ3) is 2.64. The fourth-order valence-corrected chi connectivity index (χ4v) is 5.31. The lowest BCUT2D eigenvalue weighted by atomic mass is 9.91. The number of fused-ring (bicyclic) bond motifs is 3. The fraction of sp³-hybridized carbons (Fsp3) is 0.273. The molecule has 1 fully saturated rings. The topological polar surface area (TPSA) is 71.3 Å². The third-order valence-corrected chi connectivity index (χ3v) is 7.25. The van der Waals surface area contributed by atoms with Crippen molar-refractivity contribution < 1.29 is 9.59 Å². The first kappa shape index (κ1) is 20.2. The summed E-state index contributed by atoms with van der Waals surface area (Å²) in [7, 11) is 0. The molecule has 2 amide bonds. The molecule has 1 unspecified atom stereocenters. The van der Waals surface area contributed by atoms with Crippen molar-refractivity contribution in [1.29, 1.82) is 0 Å². The van der Waals surface area contributed by atoms with Crippen LogP contribution in [0.25, 0.3) is 0 Å². The number of halogens is 2. The lowest BCUT2D eigenvalue weighted by molar-refractivity contribution is 0.0366. The van der Waals surface area contributed by atoms with Crippen molar-refractivity contribution in [2.24, 2.45) is 0 Å². The second kappa shape index (κ2) is 7.17. The molecular weight excluding hydrogens is 482 g/mol. The van der Waals surface area contributed by atoms with Crippen molar-refractivity contribution >= 4 is 39.3 Å². The monoisotopic (exact) mass is 499 g/mol. The molecule has 7 nitrogen and oxygen atoms in total. The van der Waals surface area contributed by atoms with Crippen LogP contribution in [0.3, 0.4) is 0 Å². The molecule has 0 radical (unpaired) electrons. The average molecular weight is 501 g/mol. The Labute approximate surface area is 192 Å². The summed E-state index contributed by atoms with van der Waals surface area (Å²) >= 11 is 9.70. The Bertz CT molecular complexity index is 1230. The van der Waals surface area contributed by atoms with Crippen molar-refractivity contribution in [2.45, 2.75) is 26.1 Å². The van der Waals surface area contributed by atoms with Gasteiger partial charge in [-0.2, -0.15) is 5.10 Å². The van der Waals surface area contributed by atoms with E-state index in [1.54, 1.807) is 45.1 Å². The molecule has 9 heteroatoms. The van der Waals surface area contributed by atoms with Gasteiger partial charge in [-0.1, -0.05) is 23.7 Å². The van der Waals surface area contributed by atoms with Crippen molar-refractivity contribution in [3.05, 3.63) is 80.3 Å². The normalized spacial score (nSPS) is 19.7. The van der Waals surface area contributed by atoms with Crippen LogP contribution in [-0.2, 0) is 12.2 Å². The van der Waals surface area contributed by atoms with Gasteiger partial charge in [0.25, 0.3) is 11.8 Å². The van der Waals surface area contributed by atoms with Gasteiger partial charge >= 0.3 is 0 Å². The molecule has 1 atom stereocenters. The van der Waals surface area contributed by atoms with Crippen LogP contribution in [0.15, 0.2) is 47.2 Å². The van der Waals surface area contributed by atoms with Gasteiger partial charge in [0.1, 0.15) is 5.69 Å². The van der Waals surface area contributed by atoms with E-state index in [1.165, 1.54) is 0 Å². The number of rotatable bonds is 3. The quantitative estimate of drug-likeness (QED) is 0.548. The van der Waals surface area contributed by atoms with Crippen LogP contribution in [0.2, 0.25) is 5.02 Å². The number of carbonyl (C=O) groups excluding carboxylic acids is 2. The molecule has 0 saturated carbocycles. The van der Waals surface area contributed by atoms with E-state index < -0.39 is 5.66 Å². The number of aromatic nitrogens is 3. The van der Waals surface area contributed by atoms with Crippen molar-refractivity contribution in [3.63, 3.8) is 0 Å². The van der Waals surface area contributed by atoms with E-state index in [4.69, 9.17) is 11.6 Å². The Morgan fingerprint density at radius 1 is 1.23 bits per heavy atom.